The lowest BCUT2D eigenvalue weighted by molar-refractivity contribution is -0.132. The largest absolute Gasteiger partial charge is 0.512 e. The second-order valence-electron chi connectivity index (χ2n) is 10.9. The Bertz CT molecular complexity index is 1160. The van der Waals surface area contributed by atoms with Crippen molar-refractivity contribution in [1.29, 1.82) is 0 Å². The third kappa shape index (κ3) is 6.84. The summed E-state index contributed by atoms with van der Waals surface area (Å²) in [4.78, 5) is 38.9. The molecule has 0 radical (unpaired) electrons. The van der Waals surface area contributed by atoms with Crippen LogP contribution in [-0.2, 0) is 28.9 Å². The van der Waals surface area contributed by atoms with Gasteiger partial charge in [0.2, 0.25) is 0 Å². The number of ketones is 1. The van der Waals surface area contributed by atoms with Crippen molar-refractivity contribution in [1.82, 2.24) is 8.43 Å². The predicted octanol–water partition coefficient (Wildman–Crippen LogP) is 5.78. The van der Waals surface area contributed by atoms with Gasteiger partial charge in [-0.1, -0.05) is 62.2 Å². The summed E-state index contributed by atoms with van der Waals surface area (Å²) in [5, 5.41) is 9.37. The first-order valence-corrected chi connectivity index (χ1v) is 14.6. The molecule has 7 heteroatoms. The maximum Gasteiger partial charge on any atom is 0.259 e. The number of hydrogen-bond donors (Lipinski definition) is 2. The number of nitrogens with zero attached hydrogens (tertiary/aromatic N) is 1. The highest BCUT2D eigenvalue weighted by molar-refractivity contribution is 14.1. The van der Waals surface area contributed by atoms with E-state index >= 15 is 0 Å². The highest BCUT2D eigenvalue weighted by atomic mass is 127. The van der Waals surface area contributed by atoms with Crippen molar-refractivity contribution >= 4 is 40.5 Å². The van der Waals surface area contributed by atoms with Crippen LogP contribution in [0.15, 0.2) is 60.9 Å². The van der Waals surface area contributed by atoms with Crippen molar-refractivity contribution in [3.8, 4) is 0 Å². The number of halogens is 1. The lowest BCUT2D eigenvalue weighted by atomic mass is 9.59. The van der Waals surface area contributed by atoms with Crippen LogP contribution in [0.1, 0.15) is 65.6 Å². The number of carbonyl (C=O) groups is 3. The molecule has 0 spiro atoms. The van der Waals surface area contributed by atoms with E-state index in [-0.39, 0.29) is 5.76 Å². The first-order chi connectivity index (χ1) is 18.3. The number of aryl methyl sites for hydroxylation is 2. The number of rotatable bonds is 12. The Balaban J connectivity index is 1.30. The van der Waals surface area contributed by atoms with Gasteiger partial charge in [0.25, 0.3) is 11.8 Å². The maximum absolute atomic E-state index is 13.0. The molecule has 2 fully saturated rings. The normalized spacial score (nSPS) is 19.5. The molecule has 0 saturated heterocycles. The summed E-state index contributed by atoms with van der Waals surface area (Å²) >= 11 is 1.63. The molecule has 4 rings (SSSR count). The average molecular weight is 629 g/mol. The standard InChI is InChI=1S/C31H37IN2O4/c1-20(35)18-28(36)29(30(37)33-32)34(2)31(38)25-14-12-22(13-15-25)7-6-21-8-10-23(11-9-21)19-26-16-17-27(26)24-4-3-5-24/h8-15,24,26-27,29,35H,1,3-7,16-19H2,2H3,(H,33,37)/t26?,27?,29-/m1/s1. The van der Waals surface area contributed by atoms with E-state index in [4.69, 9.17) is 0 Å². The summed E-state index contributed by atoms with van der Waals surface area (Å²) in [6, 6.07) is 15.0. The number of aliphatic hydroxyl groups is 1. The Hall–Kier alpha value is -2.68. The Morgan fingerprint density at radius 1 is 0.974 bits per heavy atom. The maximum atomic E-state index is 13.0. The van der Waals surface area contributed by atoms with Crippen LogP contribution in [0.5, 0.6) is 0 Å². The molecular formula is C31H37IN2O4. The van der Waals surface area contributed by atoms with Gasteiger partial charge in [-0.05, 0) is 78.7 Å². The van der Waals surface area contributed by atoms with Gasteiger partial charge in [0, 0.05) is 12.6 Å². The zero-order valence-corrected chi connectivity index (χ0v) is 24.2. The second-order valence-corrected chi connectivity index (χ2v) is 11.4. The van der Waals surface area contributed by atoms with Crippen LogP contribution in [-0.4, -0.2) is 40.7 Å². The molecule has 6 nitrogen and oxygen atoms in total. The van der Waals surface area contributed by atoms with Crippen molar-refractivity contribution in [3.05, 3.63) is 83.1 Å². The monoisotopic (exact) mass is 628 g/mol. The summed E-state index contributed by atoms with van der Waals surface area (Å²) < 4.78 is 2.38. The number of benzene rings is 2. The fourth-order valence-electron chi connectivity index (χ4n) is 5.79. The molecule has 3 atom stereocenters. The van der Waals surface area contributed by atoms with E-state index < -0.39 is 30.1 Å². The molecule has 0 aromatic heterocycles. The summed E-state index contributed by atoms with van der Waals surface area (Å²) in [5.74, 6) is 0.828. The van der Waals surface area contributed by atoms with Gasteiger partial charge < -0.3 is 10.0 Å². The third-order valence-electron chi connectivity index (χ3n) is 8.39. The molecule has 2 N–H and O–H groups in total. The minimum Gasteiger partial charge on any atom is -0.512 e. The molecule has 38 heavy (non-hydrogen) atoms. The van der Waals surface area contributed by atoms with E-state index in [0.717, 1.165) is 41.1 Å². The first kappa shape index (κ1) is 28.3. The quantitative estimate of drug-likeness (QED) is 0.135. The van der Waals surface area contributed by atoms with Crippen LogP contribution in [0.25, 0.3) is 0 Å². The summed E-state index contributed by atoms with van der Waals surface area (Å²) in [6.07, 6.45) is 9.73. The number of allylic oxidation sites excluding steroid dienone is 1. The summed E-state index contributed by atoms with van der Waals surface area (Å²) in [6.45, 7) is 3.31. The Morgan fingerprint density at radius 2 is 1.55 bits per heavy atom. The van der Waals surface area contributed by atoms with Crippen molar-refractivity contribution < 1.29 is 19.5 Å². The zero-order chi connectivity index (χ0) is 27.2. The van der Waals surface area contributed by atoms with Gasteiger partial charge in [0.05, 0.1) is 35.0 Å². The molecule has 2 aromatic rings. The highest BCUT2D eigenvalue weighted by Gasteiger charge is 2.39. The van der Waals surface area contributed by atoms with E-state index in [1.807, 2.05) is 12.1 Å². The fourth-order valence-corrected chi connectivity index (χ4v) is 6.09. The molecular weight excluding hydrogens is 591 g/mol. The molecule has 2 amide bonds. The minimum atomic E-state index is -1.35. The number of amides is 2. The SMILES string of the molecule is C=C(O)CC(=O)[C@H](C(=O)NI)N(C)C(=O)c1ccc(CCc2ccc(CC3CCC3C3CCC3)cc2)cc1. The van der Waals surface area contributed by atoms with Crippen LogP contribution in [0.2, 0.25) is 0 Å². The van der Waals surface area contributed by atoms with Gasteiger partial charge in [0.1, 0.15) is 0 Å². The molecule has 2 aromatic carbocycles. The van der Waals surface area contributed by atoms with E-state index in [2.05, 4.69) is 34.4 Å². The molecule has 2 saturated carbocycles. The topological polar surface area (TPSA) is 86.7 Å². The van der Waals surface area contributed by atoms with Crippen LogP contribution < -0.4 is 3.53 Å². The molecule has 2 aliphatic carbocycles. The fraction of sp³-hybridized carbons (Fsp3) is 0.452. The lowest BCUT2D eigenvalue weighted by Gasteiger charge is -2.46. The predicted molar refractivity (Wildman–Crippen MR) is 157 cm³/mol. The molecule has 2 aliphatic rings. The van der Waals surface area contributed by atoms with Crippen molar-refractivity contribution in [2.75, 3.05) is 7.05 Å². The number of nitrogens with one attached hydrogen (secondary N) is 1. The average Bonchev–Trinajstić information content (AvgIpc) is 2.87. The van der Waals surface area contributed by atoms with E-state index in [0.29, 0.717) is 5.56 Å². The second kappa shape index (κ2) is 12.9. The Labute approximate surface area is 239 Å². The van der Waals surface area contributed by atoms with Gasteiger partial charge in [-0.3, -0.25) is 17.9 Å². The molecule has 0 bridgehead atoms. The van der Waals surface area contributed by atoms with Gasteiger partial charge in [-0.15, -0.1) is 0 Å². The number of Topliss-reactive ketones (excluding diaryl/α,β-unsaturated/α-hetero) is 1. The highest BCUT2D eigenvalue weighted by Crippen LogP contribution is 2.48. The molecule has 0 aliphatic heterocycles. The minimum absolute atomic E-state index is 0.350. The van der Waals surface area contributed by atoms with Crippen LogP contribution in [0.4, 0.5) is 0 Å². The molecule has 0 heterocycles. The first-order valence-electron chi connectivity index (χ1n) is 13.5. The van der Waals surface area contributed by atoms with Crippen molar-refractivity contribution in [2.24, 2.45) is 17.8 Å². The van der Waals surface area contributed by atoms with E-state index in [1.54, 1.807) is 35.0 Å². The van der Waals surface area contributed by atoms with Gasteiger partial charge in [0.15, 0.2) is 11.8 Å². The van der Waals surface area contributed by atoms with Crippen molar-refractivity contribution in [2.45, 2.75) is 63.8 Å². The molecule has 202 valence electrons. The summed E-state index contributed by atoms with van der Waals surface area (Å²) in [7, 11) is 1.41. The number of likely N-dealkylation sites (N-methyl/N-ethyl adjacent to an activating group) is 1. The van der Waals surface area contributed by atoms with E-state index in [9.17, 15) is 19.5 Å². The smallest absolute Gasteiger partial charge is 0.259 e. The Morgan fingerprint density at radius 3 is 2.03 bits per heavy atom. The third-order valence-corrected chi connectivity index (χ3v) is 8.92. The van der Waals surface area contributed by atoms with Crippen LogP contribution in [0, 0.1) is 17.8 Å². The number of aliphatic hydroxyl groups excluding tert-OH is 1. The lowest BCUT2D eigenvalue weighted by Crippen LogP contribution is -2.50. The van der Waals surface area contributed by atoms with Crippen LogP contribution >= 0.6 is 22.9 Å². The van der Waals surface area contributed by atoms with Gasteiger partial charge >= 0.3 is 0 Å². The number of carbonyl (C=O) groups excluding carboxylic acids is 3. The zero-order valence-electron chi connectivity index (χ0n) is 22.0. The van der Waals surface area contributed by atoms with E-state index in [1.165, 1.54) is 56.7 Å². The van der Waals surface area contributed by atoms with Gasteiger partial charge in [-0.2, -0.15) is 0 Å². The van der Waals surface area contributed by atoms with Crippen molar-refractivity contribution in [3.63, 3.8) is 0 Å². The summed E-state index contributed by atoms with van der Waals surface area (Å²) in [5.41, 5.74) is 4.25. The molecule has 2 unspecified atom stereocenters. The van der Waals surface area contributed by atoms with Gasteiger partial charge in [-0.25, -0.2) is 0 Å². The Kier molecular flexibility index (Phi) is 9.63. The van der Waals surface area contributed by atoms with Crippen LogP contribution in [0.3, 0.4) is 0 Å². The number of hydrogen-bond acceptors (Lipinski definition) is 4.